The van der Waals surface area contributed by atoms with Crippen LogP contribution in [0.15, 0.2) is 36.4 Å². The molecule has 90 valence electrons. The van der Waals surface area contributed by atoms with Gasteiger partial charge in [-0.1, -0.05) is 35.9 Å². The summed E-state index contributed by atoms with van der Waals surface area (Å²) < 4.78 is 0. The molecule has 0 fully saturated rings. The molecule has 0 bridgehead atoms. The van der Waals surface area contributed by atoms with Crippen molar-refractivity contribution in [3.05, 3.63) is 52.5 Å². The molecule has 0 radical (unpaired) electrons. The zero-order valence-corrected chi connectivity index (χ0v) is 10.7. The average molecular weight is 258 g/mol. The number of hydrogen-bond donors (Lipinski definition) is 1. The average Bonchev–Trinajstić information content (AvgIpc) is 2.71. The van der Waals surface area contributed by atoms with E-state index in [4.69, 9.17) is 11.6 Å². The molecule has 1 aliphatic heterocycles. The van der Waals surface area contributed by atoms with E-state index in [1.54, 1.807) is 0 Å². The summed E-state index contributed by atoms with van der Waals surface area (Å²) in [5.41, 5.74) is 5.07. The SMILES string of the molecule is Cc1cccc(-c2ccc3c(c2)CC(=O)N3)c1Cl. The second kappa shape index (κ2) is 4.14. The monoisotopic (exact) mass is 257 g/mol. The van der Waals surface area contributed by atoms with Gasteiger partial charge in [0.05, 0.1) is 11.4 Å². The number of fused-ring (bicyclic) bond motifs is 1. The first-order valence-corrected chi connectivity index (χ1v) is 6.21. The minimum Gasteiger partial charge on any atom is -0.326 e. The van der Waals surface area contributed by atoms with E-state index in [0.717, 1.165) is 33.0 Å². The summed E-state index contributed by atoms with van der Waals surface area (Å²) in [6.07, 6.45) is 0.451. The van der Waals surface area contributed by atoms with Crippen LogP contribution in [0.1, 0.15) is 11.1 Å². The van der Waals surface area contributed by atoms with E-state index in [1.807, 2.05) is 43.3 Å². The Balaban J connectivity index is 2.11. The fourth-order valence-corrected chi connectivity index (χ4v) is 2.50. The zero-order chi connectivity index (χ0) is 12.7. The van der Waals surface area contributed by atoms with Crippen LogP contribution in [-0.2, 0) is 11.2 Å². The van der Waals surface area contributed by atoms with E-state index in [1.165, 1.54) is 0 Å². The normalized spacial score (nSPS) is 13.3. The highest BCUT2D eigenvalue weighted by atomic mass is 35.5. The summed E-state index contributed by atoms with van der Waals surface area (Å²) in [4.78, 5) is 11.3. The van der Waals surface area contributed by atoms with Gasteiger partial charge in [0.1, 0.15) is 0 Å². The predicted molar refractivity (Wildman–Crippen MR) is 74.0 cm³/mol. The number of amides is 1. The summed E-state index contributed by atoms with van der Waals surface area (Å²) in [5, 5.41) is 3.60. The van der Waals surface area contributed by atoms with Gasteiger partial charge in [-0.2, -0.15) is 0 Å². The first kappa shape index (κ1) is 11.3. The van der Waals surface area contributed by atoms with Gasteiger partial charge >= 0.3 is 0 Å². The predicted octanol–water partition coefficient (Wildman–Crippen LogP) is 3.81. The molecule has 0 unspecified atom stereocenters. The Labute approximate surface area is 111 Å². The summed E-state index contributed by atoms with van der Waals surface area (Å²) in [6, 6.07) is 12.0. The highest BCUT2D eigenvalue weighted by Gasteiger charge is 2.18. The number of anilines is 1. The van der Waals surface area contributed by atoms with Gasteiger partial charge in [-0.3, -0.25) is 4.79 Å². The van der Waals surface area contributed by atoms with Crippen molar-refractivity contribution < 1.29 is 4.79 Å². The van der Waals surface area contributed by atoms with Gasteiger partial charge < -0.3 is 5.32 Å². The molecule has 0 aromatic heterocycles. The lowest BCUT2D eigenvalue weighted by Gasteiger charge is -2.08. The molecular formula is C15H12ClNO. The molecule has 2 aromatic rings. The van der Waals surface area contributed by atoms with Crippen molar-refractivity contribution in [1.29, 1.82) is 0 Å². The van der Waals surface area contributed by atoms with Gasteiger partial charge in [0.25, 0.3) is 0 Å². The smallest absolute Gasteiger partial charge is 0.228 e. The van der Waals surface area contributed by atoms with E-state index < -0.39 is 0 Å². The van der Waals surface area contributed by atoms with Gasteiger partial charge in [0.15, 0.2) is 0 Å². The van der Waals surface area contributed by atoms with Crippen LogP contribution in [-0.4, -0.2) is 5.91 Å². The zero-order valence-electron chi connectivity index (χ0n) is 9.96. The van der Waals surface area contributed by atoms with E-state index in [9.17, 15) is 4.79 Å². The fourth-order valence-electron chi connectivity index (χ4n) is 2.27. The number of halogens is 1. The van der Waals surface area contributed by atoms with E-state index >= 15 is 0 Å². The van der Waals surface area contributed by atoms with E-state index in [0.29, 0.717) is 6.42 Å². The molecule has 18 heavy (non-hydrogen) atoms. The molecule has 0 saturated heterocycles. The number of rotatable bonds is 1. The summed E-state index contributed by atoms with van der Waals surface area (Å²) >= 11 is 6.32. The van der Waals surface area contributed by atoms with Crippen LogP contribution in [0.5, 0.6) is 0 Å². The highest BCUT2D eigenvalue weighted by molar-refractivity contribution is 6.34. The first-order chi connectivity index (χ1) is 8.65. The van der Waals surface area contributed by atoms with Crippen LogP contribution >= 0.6 is 11.6 Å². The Kier molecular flexibility index (Phi) is 2.60. The first-order valence-electron chi connectivity index (χ1n) is 5.83. The Morgan fingerprint density at radius 1 is 1.22 bits per heavy atom. The van der Waals surface area contributed by atoms with Crippen molar-refractivity contribution >= 4 is 23.2 Å². The topological polar surface area (TPSA) is 29.1 Å². The lowest BCUT2D eigenvalue weighted by molar-refractivity contribution is -0.115. The van der Waals surface area contributed by atoms with Crippen LogP contribution in [0.25, 0.3) is 11.1 Å². The highest BCUT2D eigenvalue weighted by Crippen LogP contribution is 2.34. The molecule has 1 aliphatic rings. The van der Waals surface area contributed by atoms with E-state index in [-0.39, 0.29) is 5.91 Å². The van der Waals surface area contributed by atoms with Crippen molar-refractivity contribution in [1.82, 2.24) is 0 Å². The van der Waals surface area contributed by atoms with Crippen molar-refractivity contribution in [3.63, 3.8) is 0 Å². The lowest BCUT2D eigenvalue weighted by atomic mass is 10.00. The lowest BCUT2D eigenvalue weighted by Crippen LogP contribution is -2.03. The molecule has 0 aliphatic carbocycles. The molecule has 0 saturated carbocycles. The molecule has 1 N–H and O–H groups in total. The molecule has 0 spiro atoms. The summed E-state index contributed by atoms with van der Waals surface area (Å²) in [7, 11) is 0. The second-order valence-electron chi connectivity index (χ2n) is 4.53. The van der Waals surface area contributed by atoms with Gasteiger partial charge in [0.2, 0.25) is 5.91 Å². The van der Waals surface area contributed by atoms with Crippen LogP contribution < -0.4 is 5.32 Å². The summed E-state index contributed by atoms with van der Waals surface area (Å²) in [5.74, 6) is 0.0532. The van der Waals surface area contributed by atoms with Crippen molar-refractivity contribution in [3.8, 4) is 11.1 Å². The van der Waals surface area contributed by atoms with Gasteiger partial charge in [-0.25, -0.2) is 0 Å². The number of benzene rings is 2. The third-order valence-electron chi connectivity index (χ3n) is 3.23. The number of hydrogen-bond acceptors (Lipinski definition) is 1. The second-order valence-corrected chi connectivity index (χ2v) is 4.91. The Bertz CT molecular complexity index is 649. The standard InChI is InChI=1S/C15H12ClNO/c1-9-3-2-4-12(15(9)16)10-5-6-13-11(7-10)8-14(18)17-13/h2-7H,8H2,1H3,(H,17,18). The number of nitrogens with one attached hydrogen (secondary N) is 1. The Hall–Kier alpha value is -1.80. The molecular weight excluding hydrogens is 246 g/mol. The van der Waals surface area contributed by atoms with Gasteiger partial charge in [-0.15, -0.1) is 0 Å². The molecule has 2 nitrogen and oxygen atoms in total. The third kappa shape index (κ3) is 1.79. The quantitative estimate of drug-likeness (QED) is 0.827. The third-order valence-corrected chi connectivity index (χ3v) is 3.73. The number of carbonyl (C=O) groups is 1. The van der Waals surface area contributed by atoms with Gasteiger partial charge in [0, 0.05) is 11.3 Å². The summed E-state index contributed by atoms with van der Waals surface area (Å²) in [6.45, 7) is 1.99. The van der Waals surface area contributed by atoms with E-state index in [2.05, 4.69) is 5.32 Å². The fraction of sp³-hybridized carbons (Fsp3) is 0.133. The van der Waals surface area contributed by atoms with Crippen LogP contribution in [0.3, 0.4) is 0 Å². The van der Waals surface area contributed by atoms with Crippen LogP contribution in [0.2, 0.25) is 5.02 Å². The maximum absolute atomic E-state index is 11.3. The number of carbonyl (C=O) groups excluding carboxylic acids is 1. The molecule has 0 atom stereocenters. The minimum atomic E-state index is 0.0532. The molecule has 3 heteroatoms. The van der Waals surface area contributed by atoms with Crippen molar-refractivity contribution in [2.45, 2.75) is 13.3 Å². The van der Waals surface area contributed by atoms with Crippen LogP contribution in [0.4, 0.5) is 5.69 Å². The van der Waals surface area contributed by atoms with Crippen molar-refractivity contribution in [2.24, 2.45) is 0 Å². The molecule has 1 amide bonds. The maximum atomic E-state index is 11.3. The van der Waals surface area contributed by atoms with Crippen LogP contribution in [0, 0.1) is 6.92 Å². The molecule has 3 rings (SSSR count). The molecule has 2 aromatic carbocycles. The number of aryl methyl sites for hydroxylation is 1. The van der Waals surface area contributed by atoms with Crippen molar-refractivity contribution in [2.75, 3.05) is 5.32 Å². The Morgan fingerprint density at radius 2 is 2.06 bits per heavy atom. The Morgan fingerprint density at radius 3 is 2.89 bits per heavy atom. The van der Waals surface area contributed by atoms with Gasteiger partial charge in [-0.05, 0) is 35.7 Å². The largest absolute Gasteiger partial charge is 0.326 e. The maximum Gasteiger partial charge on any atom is 0.228 e. The molecule has 1 heterocycles. The minimum absolute atomic E-state index is 0.0532.